The van der Waals surface area contributed by atoms with Crippen LogP contribution in [0.2, 0.25) is 0 Å². The zero-order valence-electron chi connectivity index (χ0n) is 10.6. The van der Waals surface area contributed by atoms with Crippen molar-refractivity contribution in [2.45, 2.75) is 58.8 Å². The summed E-state index contributed by atoms with van der Waals surface area (Å²) in [5.41, 5.74) is 0. The summed E-state index contributed by atoms with van der Waals surface area (Å²) in [5, 5.41) is 0. The van der Waals surface area contributed by atoms with Gasteiger partial charge in [0.15, 0.2) is 0 Å². The van der Waals surface area contributed by atoms with Crippen LogP contribution in [0.25, 0.3) is 0 Å². The fourth-order valence-electron chi connectivity index (χ4n) is 1.07. The van der Waals surface area contributed by atoms with Crippen molar-refractivity contribution in [1.82, 2.24) is 4.72 Å². The highest BCUT2D eigenvalue weighted by molar-refractivity contribution is 7.84. The summed E-state index contributed by atoms with van der Waals surface area (Å²) < 4.78 is 14.4. The zero-order valence-corrected chi connectivity index (χ0v) is 11.4. The number of nitrogens with one attached hydrogen (secondary N) is 1. The van der Waals surface area contributed by atoms with Crippen molar-refractivity contribution >= 4 is 16.8 Å². The van der Waals surface area contributed by atoms with Gasteiger partial charge < -0.3 is 0 Å². The topological polar surface area (TPSA) is 46.2 Å². The molecule has 1 unspecified atom stereocenters. The summed E-state index contributed by atoms with van der Waals surface area (Å²) in [6.07, 6.45) is 0.733. The SMILES string of the molecule is CC(=O)[C@@H](CC(C)C)NS(=O)C(C)(C)C. The minimum Gasteiger partial charge on any atom is -0.298 e. The minimum atomic E-state index is -1.18. The molecule has 4 heteroatoms. The fraction of sp³-hybridized carbons (Fsp3) is 0.909. The van der Waals surface area contributed by atoms with Crippen LogP contribution in [0, 0.1) is 5.92 Å². The monoisotopic (exact) mass is 233 g/mol. The smallest absolute Gasteiger partial charge is 0.147 e. The third-order valence-corrected chi connectivity index (χ3v) is 3.61. The van der Waals surface area contributed by atoms with Gasteiger partial charge in [-0.15, -0.1) is 0 Å². The molecule has 0 aromatic rings. The molecule has 0 saturated carbocycles. The molecule has 0 aliphatic carbocycles. The van der Waals surface area contributed by atoms with Crippen LogP contribution in [0.4, 0.5) is 0 Å². The summed E-state index contributed by atoms with van der Waals surface area (Å²) in [6.45, 7) is 11.3. The summed E-state index contributed by atoms with van der Waals surface area (Å²) in [7, 11) is -1.18. The molecule has 3 nitrogen and oxygen atoms in total. The van der Waals surface area contributed by atoms with Gasteiger partial charge in [0, 0.05) is 0 Å². The van der Waals surface area contributed by atoms with Gasteiger partial charge >= 0.3 is 0 Å². The number of ketones is 1. The van der Waals surface area contributed by atoms with E-state index >= 15 is 0 Å². The van der Waals surface area contributed by atoms with Gasteiger partial charge in [-0.3, -0.25) is 4.79 Å². The molecule has 0 aliphatic rings. The van der Waals surface area contributed by atoms with Crippen LogP contribution in [0.5, 0.6) is 0 Å². The molecule has 15 heavy (non-hydrogen) atoms. The zero-order chi connectivity index (χ0) is 12.2. The van der Waals surface area contributed by atoms with Crippen LogP contribution in [-0.4, -0.2) is 20.8 Å². The van der Waals surface area contributed by atoms with Crippen LogP contribution >= 0.6 is 0 Å². The molecule has 90 valence electrons. The lowest BCUT2D eigenvalue weighted by molar-refractivity contribution is -0.118. The Morgan fingerprint density at radius 3 is 2.07 bits per heavy atom. The quantitative estimate of drug-likeness (QED) is 0.790. The predicted molar refractivity (Wildman–Crippen MR) is 65.0 cm³/mol. The lowest BCUT2D eigenvalue weighted by atomic mass is 10.0. The summed E-state index contributed by atoms with van der Waals surface area (Å²) >= 11 is 0. The molecule has 0 heterocycles. The van der Waals surface area contributed by atoms with Gasteiger partial charge in [0.25, 0.3) is 0 Å². The van der Waals surface area contributed by atoms with Gasteiger partial charge in [0.05, 0.1) is 21.8 Å². The number of Topliss-reactive ketones (excluding diaryl/α,β-unsaturated/α-hetero) is 1. The van der Waals surface area contributed by atoms with E-state index in [1.165, 1.54) is 0 Å². The maximum absolute atomic E-state index is 11.8. The minimum absolute atomic E-state index is 0.0568. The molecule has 0 bridgehead atoms. The lowest BCUT2D eigenvalue weighted by Crippen LogP contribution is -2.43. The molecule has 0 rings (SSSR count). The van der Waals surface area contributed by atoms with Crippen molar-refractivity contribution in [3.63, 3.8) is 0 Å². The standard InChI is InChI=1S/C11H23NO2S/c1-8(2)7-10(9(3)13)12-15(14)11(4,5)6/h8,10,12H,7H2,1-6H3/t10-,15?/m1/s1. The van der Waals surface area contributed by atoms with Gasteiger partial charge in [-0.25, -0.2) is 8.93 Å². The molecular weight excluding hydrogens is 210 g/mol. The molecule has 2 atom stereocenters. The lowest BCUT2D eigenvalue weighted by Gasteiger charge is -2.23. The molecule has 0 spiro atoms. The van der Waals surface area contributed by atoms with E-state index in [4.69, 9.17) is 0 Å². The molecule has 0 aromatic heterocycles. The first-order valence-corrected chi connectivity index (χ1v) is 6.48. The summed E-state index contributed by atoms with van der Waals surface area (Å²) in [6, 6.07) is -0.287. The Bertz CT molecular complexity index is 243. The number of carbonyl (C=O) groups excluding carboxylic acids is 1. The number of hydrogen-bond acceptors (Lipinski definition) is 2. The Kier molecular flexibility index (Phi) is 5.67. The third-order valence-electron chi connectivity index (χ3n) is 2.00. The maximum atomic E-state index is 11.8. The Balaban J connectivity index is 4.43. The molecule has 0 aliphatic heterocycles. The van der Waals surface area contributed by atoms with Crippen LogP contribution in [0.15, 0.2) is 0 Å². The molecule has 0 fully saturated rings. The van der Waals surface area contributed by atoms with Gasteiger partial charge in [-0.2, -0.15) is 0 Å². The van der Waals surface area contributed by atoms with Crippen LogP contribution in [0.3, 0.4) is 0 Å². The van der Waals surface area contributed by atoms with Crippen molar-refractivity contribution in [1.29, 1.82) is 0 Å². The van der Waals surface area contributed by atoms with E-state index in [1.807, 2.05) is 20.8 Å². The highest BCUT2D eigenvalue weighted by Gasteiger charge is 2.25. The fourth-order valence-corrected chi connectivity index (χ4v) is 1.95. The highest BCUT2D eigenvalue weighted by atomic mass is 32.2. The van der Waals surface area contributed by atoms with Crippen LogP contribution in [0.1, 0.15) is 48.0 Å². The van der Waals surface area contributed by atoms with Crippen molar-refractivity contribution < 1.29 is 9.00 Å². The second-order valence-corrected chi connectivity index (χ2v) is 7.29. The first-order chi connectivity index (χ1) is 6.64. The number of hydrogen-bond donors (Lipinski definition) is 1. The van der Waals surface area contributed by atoms with Gasteiger partial charge in [0.2, 0.25) is 0 Å². The highest BCUT2D eigenvalue weighted by Crippen LogP contribution is 2.12. The number of rotatable bonds is 5. The molecular formula is C11H23NO2S. The largest absolute Gasteiger partial charge is 0.298 e. The van der Waals surface area contributed by atoms with E-state index < -0.39 is 11.0 Å². The first-order valence-electron chi connectivity index (χ1n) is 5.33. The van der Waals surface area contributed by atoms with Gasteiger partial charge in [-0.05, 0) is 40.0 Å². The maximum Gasteiger partial charge on any atom is 0.147 e. The third kappa shape index (κ3) is 6.05. The van der Waals surface area contributed by atoms with E-state index in [0.717, 1.165) is 6.42 Å². The number of carbonyl (C=O) groups is 1. The van der Waals surface area contributed by atoms with E-state index in [9.17, 15) is 9.00 Å². The Morgan fingerprint density at radius 2 is 1.80 bits per heavy atom. The van der Waals surface area contributed by atoms with E-state index in [-0.39, 0.29) is 16.6 Å². The average Bonchev–Trinajstić information content (AvgIpc) is 1.99. The van der Waals surface area contributed by atoms with E-state index in [1.54, 1.807) is 6.92 Å². The second-order valence-electron chi connectivity index (χ2n) is 5.29. The van der Waals surface area contributed by atoms with E-state index in [2.05, 4.69) is 18.6 Å². The van der Waals surface area contributed by atoms with Gasteiger partial charge in [-0.1, -0.05) is 13.8 Å². The van der Waals surface area contributed by atoms with Crippen molar-refractivity contribution in [2.75, 3.05) is 0 Å². The first kappa shape index (κ1) is 14.8. The second kappa shape index (κ2) is 5.75. The van der Waals surface area contributed by atoms with Crippen LogP contribution in [-0.2, 0) is 15.8 Å². The van der Waals surface area contributed by atoms with Crippen molar-refractivity contribution in [3.8, 4) is 0 Å². The van der Waals surface area contributed by atoms with Gasteiger partial charge in [0.1, 0.15) is 5.78 Å². The average molecular weight is 233 g/mol. The Labute approximate surface area is 95.6 Å². The molecule has 0 radical (unpaired) electrons. The van der Waals surface area contributed by atoms with Crippen LogP contribution < -0.4 is 4.72 Å². The normalized spacial score (nSPS) is 16.5. The Morgan fingerprint density at radius 1 is 1.33 bits per heavy atom. The molecule has 0 amide bonds. The summed E-state index contributed by atoms with van der Waals surface area (Å²) in [4.78, 5) is 11.3. The van der Waals surface area contributed by atoms with E-state index in [0.29, 0.717) is 5.92 Å². The molecule has 1 N–H and O–H groups in total. The Hall–Kier alpha value is -0.220. The summed E-state index contributed by atoms with van der Waals surface area (Å²) in [5.74, 6) is 0.477. The molecule has 0 aromatic carbocycles. The van der Waals surface area contributed by atoms with Crippen molar-refractivity contribution in [2.24, 2.45) is 5.92 Å². The molecule has 0 saturated heterocycles. The van der Waals surface area contributed by atoms with Crippen molar-refractivity contribution in [3.05, 3.63) is 0 Å². The predicted octanol–water partition coefficient (Wildman–Crippen LogP) is 2.04.